The molecule has 0 saturated carbocycles. The Kier molecular flexibility index (Phi) is 5.62. The van der Waals surface area contributed by atoms with Crippen LogP contribution in [0.5, 0.6) is 11.5 Å². The molecule has 1 aliphatic rings. The number of hydrogen-bond acceptors (Lipinski definition) is 5. The molecule has 1 aromatic heterocycles. The number of carbonyl (C=O) groups excluding carboxylic acids is 1. The van der Waals surface area contributed by atoms with Gasteiger partial charge in [0.2, 0.25) is 0 Å². The number of carbonyl (C=O) groups is 1. The fraction of sp³-hybridized carbons (Fsp3) is 0.368. The summed E-state index contributed by atoms with van der Waals surface area (Å²) in [5, 5.41) is 2.93. The van der Waals surface area contributed by atoms with Gasteiger partial charge in [0.1, 0.15) is 5.82 Å². The molecule has 1 atom stereocenters. The van der Waals surface area contributed by atoms with Gasteiger partial charge in [0.05, 0.1) is 19.8 Å². The molecule has 2 aromatic rings. The van der Waals surface area contributed by atoms with E-state index < -0.39 is 11.7 Å². The Hall–Kier alpha value is -2.97. The van der Waals surface area contributed by atoms with Gasteiger partial charge in [-0.2, -0.15) is 13.2 Å². The maximum atomic E-state index is 12.6. The molecule has 1 aliphatic heterocycles. The minimum atomic E-state index is -4.41. The molecule has 2 heterocycles. The van der Waals surface area contributed by atoms with Gasteiger partial charge in [0, 0.05) is 30.9 Å². The summed E-state index contributed by atoms with van der Waals surface area (Å²) >= 11 is 0. The molecule has 1 unspecified atom stereocenters. The highest BCUT2D eigenvalue weighted by molar-refractivity contribution is 5.95. The minimum absolute atomic E-state index is 0.135. The van der Waals surface area contributed by atoms with Crippen molar-refractivity contribution in [2.24, 2.45) is 0 Å². The average Bonchev–Trinajstić information content (AvgIpc) is 3.15. The van der Waals surface area contributed by atoms with Crippen LogP contribution in [0.2, 0.25) is 0 Å². The number of hydrogen-bond donors (Lipinski definition) is 1. The summed E-state index contributed by atoms with van der Waals surface area (Å²) in [6.45, 7) is 1.06. The number of aromatic nitrogens is 1. The van der Waals surface area contributed by atoms with Crippen LogP contribution in [0, 0.1) is 0 Å². The Morgan fingerprint density at radius 1 is 1.18 bits per heavy atom. The van der Waals surface area contributed by atoms with E-state index in [9.17, 15) is 18.0 Å². The molecule has 0 radical (unpaired) electrons. The molecule has 1 N–H and O–H groups in total. The summed E-state index contributed by atoms with van der Waals surface area (Å²) in [7, 11) is 3.01. The Balaban J connectivity index is 1.62. The lowest BCUT2D eigenvalue weighted by Gasteiger charge is -2.18. The first-order valence-electron chi connectivity index (χ1n) is 8.63. The van der Waals surface area contributed by atoms with Crippen LogP contribution in [0.3, 0.4) is 0 Å². The van der Waals surface area contributed by atoms with E-state index in [0.717, 1.165) is 12.3 Å². The molecule has 28 heavy (non-hydrogen) atoms. The number of benzene rings is 1. The number of amides is 1. The maximum absolute atomic E-state index is 12.6. The van der Waals surface area contributed by atoms with Crippen molar-refractivity contribution < 1.29 is 27.4 Å². The van der Waals surface area contributed by atoms with Gasteiger partial charge in [-0.1, -0.05) is 0 Å². The van der Waals surface area contributed by atoms with Gasteiger partial charge in [-0.3, -0.25) is 4.79 Å². The van der Waals surface area contributed by atoms with Crippen LogP contribution in [-0.2, 0) is 6.18 Å². The van der Waals surface area contributed by atoms with Crippen LogP contribution in [0.4, 0.5) is 19.0 Å². The fourth-order valence-corrected chi connectivity index (χ4v) is 3.07. The van der Waals surface area contributed by atoms with Crippen molar-refractivity contribution in [3.05, 3.63) is 47.7 Å². The second-order valence-electron chi connectivity index (χ2n) is 6.38. The zero-order valence-corrected chi connectivity index (χ0v) is 15.4. The Labute approximate surface area is 160 Å². The number of pyridine rings is 1. The van der Waals surface area contributed by atoms with Crippen LogP contribution in [0.15, 0.2) is 36.5 Å². The number of anilines is 1. The Morgan fingerprint density at radius 3 is 2.54 bits per heavy atom. The largest absolute Gasteiger partial charge is 0.493 e. The number of ether oxygens (including phenoxy) is 2. The lowest BCUT2D eigenvalue weighted by Crippen LogP contribution is -2.37. The highest BCUT2D eigenvalue weighted by Crippen LogP contribution is 2.30. The van der Waals surface area contributed by atoms with E-state index in [-0.39, 0.29) is 11.9 Å². The lowest BCUT2D eigenvalue weighted by molar-refractivity contribution is -0.137. The zero-order valence-electron chi connectivity index (χ0n) is 15.4. The second-order valence-corrected chi connectivity index (χ2v) is 6.38. The topological polar surface area (TPSA) is 63.7 Å². The van der Waals surface area contributed by atoms with E-state index in [0.29, 0.717) is 42.4 Å². The van der Waals surface area contributed by atoms with Crippen molar-refractivity contribution >= 4 is 11.7 Å². The molecule has 0 spiro atoms. The van der Waals surface area contributed by atoms with Crippen molar-refractivity contribution in [2.75, 3.05) is 32.2 Å². The maximum Gasteiger partial charge on any atom is 0.417 e. The number of nitrogens with one attached hydrogen (secondary N) is 1. The Morgan fingerprint density at radius 2 is 1.93 bits per heavy atom. The summed E-state index contributed by atoms with van der Waals surface area (Å²) in [5.41, 5.74) is -0.350. The van der Waals surface area contributed by atoms with Gasteiger partial charge in [-0.05, 0) is 36.8 Å². The van der Waals surface area contributed by atoms with E-state index in [1.54, 1.807) is 18.2 Å². The molecule has 150 valence electrons. The van der Waals surface area contributed by atoms with Crippen molar-refractivity contribution in [1.29, 1.82) is 0 Å². The van der Waals surface area contributed by atoms with Crippen LogP contribution in [-0.4, -0.2) is 44.2 Å². The summed E-state index contributed by atoms with van der Waals surface area (Å²) in [5.74, 6) is 1.18. The van der Waals surface area contributed by atoms with Gasteiger partial charge in [-0.15, -0.1) is 0 Å². The molecule has 0 bridgehead atoms. The SMILES string of the molecule is COc1ccc(C(=O)NC2CCN(c3ccc(C(F)(F)F)cn3)C2)cc1OC. The van der Waals surface area contributed by atoms with E-state index in [1.165, 1.54) is 20.3 Å². The first-order valence-corrected chi connectivity index (χ1v) is 8.63. The third-order valence-electron chi connectivity index (χ3n) is 4.57. The smallest absolute Gasteiger partial charge is 0.417 e. The summed E-state index contributed by atoms with van der Waals surface area (Å²) < 4.78 is 48.3. The van der Waals surface area contributed by atoms with Crippen molar-refractivity contribution in [2.45, 2.75) is 18.6 Å². The second kappa shape index (κ2) is 7.95. The predicted octanol–water partition coefficient (Wildman–Crippen LogP) is 3.13. The van der Waals surface area contributed by atoms with Gasteiger partial charge < -0.3 is 19.7 Å². The van der Waals surface area contributed by atoms with Gasteiger partial charge in [0.15, 0.2) is 11.5 Å². The third kappa shape index (κ3) is 4.29. The molecular weight excluding hydrogens is 375 g/mol. The number of nitrogens with zero attached hydrogens (tertiary/aromatic N) is 2. The molecule has 6 nitrogen and oxygen atoms in total. The predicted molar refractivity (Wildman–Crippen MR) is 96.9 cm³/mol. The highest BCUT2D eigenvalue weighted by atomic mass is 19.4. The minimum Gasteiger partial charge on any atom is -0.493 e. The van der Waals surface area contributed by atoms with Gasteiger partial charge >= 0.3 is 6.18 Å². The van der Waals surface area contributed by atoms with Crippen LogP contribution in [0.1, 0.15) is 22.3 Å². The molecule has 9 heteroatoms. The summed E-state index contributed by atoms with van der Waals surface area (Å²) in [6, 6.07) is 7.11. The first-order chi connectivity index (χ1) is 13.3. The van der Waals surface area contributed by atoms with Gasteiger partial charge in [-0.25, -0.2) is 4.98 Å². The van der Waals surface area contributed by atoms with Crippen molar-refractivity contribution in [3.63, 3.8) is 0 Å². The number of alkyl halides is 3. The molecule has 1 aromatic carbocycles. The lowest BCUT2D eigenvalue weighted by atomic mass is 10.1. The molecule has 1 saturated heterocycles. The van der Waals surface area contributed by atoms with E-state index >= 15 is 0 Å². The third-order valence-corrected chi connectivity index (χ3v) is 4.57. The quantitative estimate of drug-likeness (QED) is 0.843. The molecule has 3 rings (SSSR count). The number of halogens is 3. The van der Waals surface area contributed by atoms with Gasteiger partial charge in [0.25, 0.3) is 5.91 Å². The monoisotopic (exact) mass is 395 g/mol. The van der Waals surface area contributed by atoms with Crippen LogP contribution in [0.25, 0.3) is 0 Å². The number of rotatable bonds is 5. The Bertz CT molecular complexity index is 841. The fourth-order valence-electron chi connectivity index (χ4n) is 3.07. The normalized spacial score (nSPS) is 16.8. The molecule has 1 amide bonds. The summed E-state index contributed by atoms with van der Waals surface area (Å²) in [6.07, 6.45) is -2.92. The van der Waals surface area contributed by atoms with Crippen molar-refractivity contribution in [1.82, 2.24) is 10.3 Å². The summed E-state index contributed by atoms with van der Waals surface area (Å²) in [4.78, 5) is 18.3. The van der Waals surface area contributed by atoms with Crippen LogP contribution >= 0.6 is 0 Å². The van der Waals surface area contributed by atoms with Crippen molar-refractivity contribution in [3.8, 4) is 11.5 Å². The first kappa shape index (κ1) is 19.8. The standard InChI is InChI=1S/C19H20F3N3O3/c1-27-15-5-3-12(9-16(15)28-2)18(26)24-14-7-8-25(11-14)17-6-4-13(10-23-17)19(20,21)22/h3-6,9-10,14H,7-8,11H2,1-2H3,(H,24,26). The number of methoxy groups -OCH3 is 2. The zero-order chi connectivity index (χ0) is 20.3. The van der Waals surface area contributed by atoms with E-state index in [1.807, 2.05) is 4.90 Å². The average molecular weight is 395 g/mol. The highest BCUT2D eigenvalue weighted by Gasteiger charge is 2.31. The molecular formula is C19H20F3N3O3. The van der Waals surface area contributed by atoms with E-state index in [4.69, 9.17) is 9.47 Å². The van der Waals surface area contributed by atoms with E-state index in [2.05, 4.69) is 10.3 Å². The van der Waals surface area contributed by atoms with Crippen LogP contribution < -0.4 is 19.7 Å². The molecule has 0 aliphatic carbocycles. The molecule has 1 fully saturated rings.